The number of β-amino-alcohol motifs (C(OH)–C–C–N with tert-alkyl or cyclic N) is 1. The Bertz CT molecular complexity index is 3290. The zero-order valence-electron chi connectivity index (χ0n) is 48.9. The van der Waals surface area contributed by atoms with E-state index in [2.05, 4.69) is 21.9 Å². The van der Waals surface area contributed by atoms with Gasteiger partial charge in [0.2, 0.25) is 17.7 Å². The molecule has 3 aliphatic heterocycles. The average Bonchev–Trinajstić information content (AvgIpc) is 1.57. The molecule has 2 fully saturated rings. The van der Waals surface area contributed by atoms with E-state index in [1.807, 2.05) is 113 Å². The topological polar surface area (TPSA) is 228 Å². The van der Waals surface area contributed by atoms with Gasteiger partial charge in [-0.05, 0) is 76.4 Å². The molecule has 27 heteroatoms. The van der Waals surface area contributed by atoms with Gasteiger partial charge in [-0.1, -0.05) is 61.2 Å². The van der Waals surface area contributed by atoms with Crippen LogP contribution in [0.5, 0.6) is 5.75 Å². The summed E-state index contributed by atoms with van der Waals surface area (Å²) in [4.78, 5) is 77.3. The summed E-state index contributed by atoms with van der Waals surface area (Å²) in [6.07, 6.45) is -3.61. The van der Waals surface area contributed by atoms with Gasteiger partial charge in [-0.2, -0.15) is 26.3 Å². The second-order valence-corrected chi connectivity index (χ2v) is 24.2. The number of fused-ring (bicyclic) bond motifs is 1. The van der Waals surface area contributed by atoms with E-state index in [1.54, 1.807) is 54.0 Å². The van der Waals surface area contributed by atoms with Crippen LogP contribution >= 0.6 is 22.7 Å². The fourth-order valence-corrected chi connectivity index (χ4v) is 12.6. The SMILES string of the molecule is C=CCOC(=O)N1CCN(C(C)(C)c2csc(-c3cccnc3)n2)CC1C(=O)NCC(F)(F)F.CC(C)(c1csc(-c2cccnc2)n1)N1CCN(C[C@@H](O)C[C@@H](Cc2ccccc2)C(=O)N[C@H]2c3ccccc3OC[C@H]2O)[C@H](C(=O)NCC(F)(F)F)C1. The Morgan fingerprint density at radius 3 is 1.85 bits per heavy atom. The number of carbonyl (C=O) groups excluding carboxylic acids is 4. The standard InChI is InChI=1S/C39H45F3N6O5S.C22H26F3N5O3S/c1-38(2,33-23-54-37(45-33)26-11-8-14-43-19-26)48-16-15-47(30(21-48)36(52)44-24-39(40,41)42)20-28(49)18-27(17-25-9-4-3-5-10-25)35(51)46-34-29-12-6-7-13-32(29)53-22-31(34)50;1-4-10-33-20(32)30-9-8-29(12-16(30)18(31)27-14-22(23,24)25)21(2,3)17-13-34-19(28-17)15-6-5-7-26-11-15/h3-14,19,23,27-28,30-31,34,49-50H,15-18,20-22,24H2,1-2H3,(H,44,52)(H,46,51);4-7,11,13,16H,1,8-10,12,14H2,2-3H3,(H,27,31)/t27-,28+,30+,31-,34+;/m1./s1. The maximum Gasteiger partial charge on any atom is 0.410 e. The van der Waals surface area contributed by atoms with E-state index in [4.69, 9.17) is 19.4 Å². The first-order chi connectivity index (χ1) is 41.8. The second kappa shape index (κ2) is 29.3. The van der Waals surface area contributed by atoms with Crippen molar-refractivity contribution in [2.75, 3.05) is 72.1 Å². The number of piperazine rings is 2. The first kappa shape index (κ1) is 66.6. The molecule has 7 heterocycles. The van der Waals surface area contributed by atoms with Gasteiger partial charge >= 0.3 is 18.4 Å². The first-order valence-corrected chi connectivity index (χ1v) is 30.2. The molecule has 472 valence electrons. The molecule has 0 spiro atoms. The molecule has 9 rings (SSSR count). The fourth-order valence-electron chi connectivity index (χ4n) is 10.7. The van der Waals surface area contributed by atoms with Crippen LogP contribution in [0.3, 0.4) is 0 Å². The molecule has 5 N–H and O–H groups in total. The maximum absolute atomic E-state index is 14.0. The van der Waals surface area contributed by atoms with E-state index >= 15 is 0 Å². The fraction of sp³-hybridized carbons (Fsp3) is 0.443. The average molecular weight is 1260 g/mol. The van der Waals surface area contributed by atoms with Gasteiger partial charge in [0.05, 0.1) is 34.6 Å². The van der Waals surface area contributed by atoms with E-state index in [-0.39, 0.29) is 64.7 Å². The van der Waals surface area contributed by atoms with Gasteiger partial charge in [0.15, 0.2) is 0 Å². The first-order valence-electron chi connectivity index (χ1n) is 28.4. The molecular formula is C61H71F6N11O8S2. The van der Waals surface area contributed by atoms with Crippen LogP contribution in [-0.2, 0) is 36.6 Å². The summed E-state index contributed by atoms with van der Waals surface area (Å²) < 4.78 is 88.5. The van der Waals surface area contributed by atoms with E-state index in [0.717, 1.165) is 43.0 Å². The minimum Gasteiger partial charge on any atom is -0.490 e. The highest BCUT2D eigenvalue weighted by Gasteiger charge is 2.45. The Hall–Kier alpha value is -7.40. The van der Waals surface area contributed by atoms with Gasteiger partial charge in [-0.15, -0.1) is 22.7 Å². The largest absolute Gasteiger partial charge is 0.490 e. The molecule has 19 nitrogen and oxygen atoms in total. The molecule has 0 radical (unpaired) electrons. The maximum atomic E-state index is 14.0. The minimum absolute atomic E-state index is 0.000229. The molecule has 0 bridgehead atoms. The number of pyridine rings is 2. The number of aromatic nitrogens is 4. The Morgan fingerprint density at radius 1 is 0.750 bits per heavy atom. The predicted molar refractivity (Wildman–Crippen MR) is 319 cm³/mol. The van der Waals surface area contributed by atoms with Crippen molar-refractivity contribution in [1.82, 2.24) is 55.5 Å². The minimum atomic E-state index is -4.60. The van der Waals surface area contributed by atoms with Crippen LogP contribution in [0.2, 0.25) is 0 Å². The van der Waals surface area contributed by atoms with Crippen LogP contribution in [0.4, 0.5) is 31.1 Å². The highest BCUT2D eigenvalue weighted by atomic mass is 32.1. The van der Waals surface area contributed by atoms with Crippen molar-refractivity contribution in [2.24, 2.45) is 5.92 Å². The molecule has 2 saturated heterocycles. The van der Waals surface area contributed by atoms with Crippen molar-refractivity contribution < 1.29 is 65.2 Å². The van der Waals surface area contributed by atoms with Crippen molar-refractivity contribution in [3.05, 3.63) is 150 Å². The molecule has 6 aromatic rings. The quantitative estimate of drug-likeness (QED) is 0.0364. The lowest BCUT2D eigenvalue weighted by Gasteiger charge is -2.47. The number of rotatable bonds is 20. The molecule has 0 saturated carbocycles. The van der Waals surface area contributed by atoms with Gasteiger partial charge < -0.3 is 35.6 Å². The molecular weight excluding hydrogens is 1190 g/mol. The summed E-state index contributed by atoms with van der Waals surface area (Å²) in [6, 6.07) is 21.0. The number of aliphatic hydroxyl groups excluding tert-OH is 2. The van der Waals surface area contributed by atoms with E-state index in [0.29, 0.717) is 24.4 Å². The lowest BCUT2D eigenvalue weighted by Crippen LogP contribution is -2.64. The zero-order valence-corrected chi connectivity index (χ0v) is 50.5. The van der Waals surface area contributed by atoms with Gasteiger partial charge in [0, 0.05) is 104 Å². The predicted octanol–water partition coefficient (Wildman–Crippen LogP) is 7.75. The molecule has 2 aromatic carbocycles. The summed E-state index contributed by atoms with van der Waals surface area (Å²) in [5.74, 6) is -2.25. The highest BCUT2D eigenvalue weighted by molar-refractivity contribution is 7.13. The lowest BCUT2D eigenvalue weighted by atomic mass is 9.90. The van der Waals surface area contributed by atoms with Crippen molar-refractivity contribution in [1.29, 1.82) is 0 Å². The van der Waals surface area contributed by atoms with Crippen LogP contribution in [0.15, 0.2) is 127 Å². The Kier molecular flexibility index (Phi) is 22.1. The number of thiazole rings is 2. The smallest absolute Gasteiger partial charge is 0.410 e. The number of hydrogen-bond acceptors (Lipinski definition) is 17. The lowest BCUT2D eigenvalue weighted by molar-refractivity contribution is -0.144. The van der Waals surface area contributed by atoms with E-state index < -0.39 is 90.7 Å². The van der Waals surface area contributed by atoms with E-state index in [1.165, 1.54) is 28.7 Å². The summed E-state index contributed by atoms with van der Waals surface area (Å²) in [5.41, 5.74) is 3.40. The number of aliphatic hydroxyl groups is 2. The molecule has 4 amide bonds. The Labute approximate surface area is 513 Å². The van der Waals surface area contributed by atoms with Crippen molar-refractivity contribution in [2.45, 2.75) is 94.3 Å². The van der Waals surface area contributed by atoms with Gasteiger partial charge in [-0.3, -0.25) is 44.0 Å². The number of nitrogens with one attached hydrogen (secondary N) is 3. The summed E-state index contributed by atoms with van der Waals surface area (Å²) in [5, 5.41) is 34.7. The van der Waals surface area contributed by atoms with Crippen molar-refractivity contribution >= 4 is 46.5 Å². The van der Waals surface area contributed by atoms with Gasteiger partial charge in [0.1, 0.15) is 60.3 Å². The number of hydrogen-bond donors (Lipinski definition) is 5. The molecule has 1 unspecified atom stereocenters. The molecule has 88 heavy (non-hydrogen) atoms. The van der Waals surface area contributed by atoms with Crippen LogP contribution < -0.4 is 20.7 Å². The second-order valence-electron chi connectivity index (χ2n) is 22.5. The molecule has 0 aliphatic carbocycles. The Morgan fingerprint density at radius 2 is 1.30 bits per heavy atom. The summed E-state index contributed by atoms with van der Waals surface area (Å²) >= 11 is 2.91. The van der Waals surface area contributed by atoms with Crippen LogP contribution in [0, 0.1) is 5.92 Å². The summed E-state index contributed by atoms with van der Waals surface area (Å²) in [7, 11) is 0. The van der Waals surface area contributed by atoms with Crippen LogP contribution in [0.25, 0.3) is 21.1 Å². The van der Waals surface area contributed by atoms with Crippen molar-refractivity contribution in [3.63, 3.8) is 0 Å². The molecule has 3 aliphatic rings. The third kappa shape index (κ3) is 17.5. The van der Waals surface area contributed by atoms with Crippen LogP contribution in [0.1, 0.15) is 62.7 Å². The third-order valence-electron chi connectivity index (χ3n) is 15.7. The number of benzene rings is 2. The normalized spacial score (nSPS) is 19.4. The van der Waals surface area contributed by atoms with Gasteiger partial charge in [-0.25, -0.2) is 14.8 Å². The number of ether oxygens (including phenoxy) is 2. The number of para-hydroxylation sites is 1. The highest BCUT2D eigenvalue weighted by Crippen LogP contribution is 2.37. The summed E-state index contributed by atoms with van der Waals surface area (Å²) in [6.45, 7) is 9.43. The molecule has 6 atom stereocenters. The van der Waals surface area contributed by atoms with Crippen LogP contribution in [-0.4, -0.2) is 182 Å². The van der Waals surface area contributed by atoms with E-state index in [9.17, 15) is 55.7 Å². The van der Waals surface area contributed by atoms with Crippen molar-refractivity contribution in [3.8, 4) is 26.9 Å². The number of halogens is 6. The third-order valence-corrected chi connectivity index (χ3v) is 17.4. The number of amides is 4. The monoisotopic (exact) mass is 1260 g/mol. The number of alkyl halides is 6. The van der Waals surface area contributed by atoms with Gasteiger partial charge in [0.25, 0.3) is 0 Å². The Balaban J connectivity index is 0.000000254. The number of carbonyl (C=O) groups is 4. The zero-order chi connectivity index (χ0) is 63.4. The number of nitrogens with zero attached hydrogens (tertiary/aromatic N) is 8. The molecule has 4 aromatic heterocycles.